The lowest BCUT2D eigenvalue weighted by Gasteiger charge is -2.11. The van der Waals surface area contributed by atoms with Crippen molar-refractivity contribution in [3.8, 4) is 5.69 Å². The molecule has 0 saturated heterocycles. The van der Waals surface area contributed by atoms with Crippen molar-refractivity contribution in [1.82, 2.24) is 20.2 Å². The summed E-state index contributed by atoms with van der Waals surface area (Å²) in [5.41, 5.74) is 0.966. The van der Waals surface area contributed by atoms with Gasteiger partial charge in [0.2, 0.25) is 0 Å². The molecule has 3 aromatic rings. The number of aromatic nitrogens is 4. The van der Waals surface area contributed by atoms with E-state index in [1.165, 1.54) is 22.9 Å². The summed E-state index contributed by atoms with van der Waals surface area (Å²) in [6.07, 6.45) is 0. The quantitative estimate of drug-likeness (QED) is 0.747. The molecule has 0 spiro atoms. The van der Waals surface area contributed by atoms with E-state index < -0.39 is 10.0 Å². The molecule has 1 heterocycles. The number of nitrogens with one attached hydrogen (secondary N) is 1. The Kier molecular flexibility index (Phi) is 4.44. The van der Waals surface area contributed by atoms with Gasteiger partial charge in [0.05, 0.1) is 16.4 Å². The third-order valence-electron chi connectivity index (χ3n) is 3.15. The average molecular weight is 384 g/mol. The van der Waals surface area contributed by atoms with Crippen molar-refractivity contribution < 1.29 is 8.42 Å². The van der Waals surface area contributed by atoms with Crippen LogP contribution in [-0.4, -0.2) is 28.6 Å². The summed E-state index contributed by atoms with van der Waals surface area (Å²) in [5, 5.41) is 11.6. The number of rotatable bonds is 4. The number of aryl methyl sites for hydroxylation is 1. The molecule has 2 aromatic carbocycles. The zero-order chi connectivity index (χ0) is 17.3. The summed E-state index contributed by atoms with van der Waals surface area (Å²) in [6, 6.07) is 10.9. The molecule has 0 saturated carbocycles. The zero-order valence-electron chi connectivity index (χ0n) is 12.3. The maximum absolute atomic E-state index is 12.5. The van der Waals surface area contributed by atoms with Gasteiger partial charge >= 0.3 is 0 Å². The molecule has 0 aliphatic heterocycles. The van der Waals surface area contributed by atoms with E-state index in [0.29, 0.717) is 17.2 Å². The van der Waals surface area contributed by atoms with E-state index in [9.17, 15) is 8.42 Å². The predicted molar refractivity (Wildman–Crippen MR) is 91.2 cm³/mol. The van der Waals surface area contributed by atoms with E-state index in [0.717, 1.165) is 0 Å². The Morgan fingerprint density at radius 2 is 1.92 bits per heavy atom. The largest absolute Gasteiger partial charge is 0.280 e. The van der Waals surface area contributed by atoms with Gasteiger partial charge in [0, 0.05) is 5.02 Å². The molecule has 7 nitrogen and oxygen atoms in total. The highest BCUT2D eigenvalue weighted by atomic mass is 35.5. The third kappa shape index (κ3) is 3.35. The van der Waals surface area contributed by atoms with Crippen molar-refractivity contribution in [2.24, 2.45) is 0 Å². The topological polar surface area (TPSA) is 89.8 Å². The van der Waals surface area contributed by atoms with E-state index in [1.807, 2.05) is 0 Å². The standard InChI is InChI=1S/C14H11Cl2N5O2S/c1-9-17-19-20-21(9)12-4-2-3-11(8-12)18-24(22,23)14-7-10(15)5-6-13(14)16/h2-8,18H,1H3. The molecule has 0 aliphatic rings. The number of halogens is 2. The third-order valence-corrected chi connectivity index (χ3v) is 5.25. The molecular formula is C14H11Cl2N5O2S. The van der Waals surface area contributed by atoms with Crippen molar-refractivity contribution in [2.75, 3.05) is 4.72 Å². The van der Waals surface area contributed by atoms with Gasteiger partial charge in [-0.1, -0.05) is 29.3 Å². The van der Waals surface area contributed by atoms with E-state index in [1.54, 1.807) is 31.2 Å². The lowest BCUT2D eigenvalue weighted by molar-refractivity contribution is 0.601. The normalized spacial score (nSPS) is 11.5. The average Bonchev–Trinajstić information content (AvgIpc) is 2.95. The Labute approximate surface area is 148 Å². The first-order valence-corrected chi connectivity index (χ1v) is 8.94. The zero-order valence-corrected chi connectivity index (χ0v) is 14.6. The summed E-state index contributed by atoms with van der Waals surface area (Å²) in [6.45, 7) is 1.74. The minimum atomic E-state index is -3.89. The molecule has 0 aliphatic carbocycles. The molecule has 1 N–H and O–H groups in total. The van der Waals surface area contributed by atoms with Gasteiger partial charge in [0.25, 0.3) is 10.0 Å². The van der Waals surface area contributed by atoms with Gasteiger partial charge in [-0.05, 0) is 53.7 Å². The lowest BCUT2D eigenvalue weighted by atomic mass is 10.3. The molecule has 0 unspecified atom stereocenters. The van der Waals surface area contributed by atoms with Crippen LogP contribution in [0, 0.1) is 6.92 Å². The Balaban J connectivity index is 1.96. The lowest BCUT2D eigenvalue weighted by Crippen LogP contribution is -2.14. The fourth-order valence-corrected chi connectivity index (χ4v) is 3.88. The highest BCUT2D eigenvalue weighted by molar-refractivity contribution is 7.92. The summed E-state index contributed by atoms with van der Waals surface area (Å²) in [7, 11) is -3.89. The van der Waals surface area contributed by atoms with Crippen LogP contribution in [0.5, 0.6) is 0 Å². The first-order chi connectivity index (χ1) is 11.4. The maximum Gasteiger partial charge on any atom is 0.263 e. The fourth-order valence-electron chi connectivity index (χ4n) is 2.06. The van der Waals surface area contributed by atoms with Gasteiger partial charge in [-0.3, -0.25) is 4.72 Å². The van der Waals surface area contributed by atoms with Gasteiger partial charge in [0.15, 0.2) is 5.82 Å². The van der Waals surface area contributed by atoms with Crippen LogP contribution in [-0.2, 0) is 10.0 Å². The van der Waals surface area contributed by atoms with Crippen molar-refractivity contribution in [3.05, 3.63) is 58.3 Å². The maximum atomic E-state index is 12.5. The minimum Gasteiger partial charge on any atom is -0.280 e. The molecular weight excluding hydrogens is 373 g/mol. The molecule has 3 rings (SSSR count). The summed E-state index contributed by atoms with van der Waals surface area (Å²) in [5.74, 6) is 0.577. The monoisotopic (exact) mass is 383 g/mol. The molecule has 1 aromatic heterocycles. The molecule has 124 valence electrons. The first-order valence-electron chi connectivity index (χ1n) is 6.70. The summed E-state index contributed by atoms with van der Waals surface area (Å²) in [4.78, 5) is -0.0966. The number of benzene rings is 2. The second-order valence-corrected chi connectivity index (χ2v) is 7.36. The number of sulfonamides is 1. The van der Waals surface area contributed by atoms with Crippen LogP contribution >= 0.6 is 23.2 Å². The fraction of sp³-hybridized carbons (Fsp3) is 0.0714. The predicted octanol–water partition coefficient (Wildman–Crippen LogP) is 3.08. The molecule has 24 heavy (non-hydrogen) atoms. The van der Waals surface area contributed by atoms with Crippen molar-refractivity contribution in [1.29, 1.82) is 0 Å². The number of tetrazole rings is 1. The van der Waals surface area contributed by atoms with Crippen LogP contribution in [0.4, 0.5) is 5.69 Å². The number of anilines is 1. The van der Waals surface area contributed by atoms with Crippen molar-refractivity contribution in [2.45, 2.75) is 11.8 Å². The Morgan fingerprint density at radius 3 is 2.62 bits per heavy atom. The minimum absolute atomic E-state index is 0.0828. The van der Waals surface area contributed by atoms with Crippen LogP contribution in [0.3, 0.4) is 0 Å². The summed E-state index contributed by atoms with van der Waals surface area (Å²) >= 11 is 11.8. The summed E-state index contributed by atoms with van der Waals surface area (Å²) < 4.78 is 29.0. The number of nitrogens with zero attached hydrogens (tertiary/aromatic N) is 4. The van der Waals surface area contributed by atoms with Crippen molar-refractivity contribution >= 4 is 38.9 Å². The second kappa shape index (κ2) is 6.39. The van der Waals surface area contributed by atoms with E-state index in [2.05, 4.69) is 20.2 Å². The highest BCUT2D eigenvalue weighted by Crippen LogP contribution is 2.27. The Hall–Kier alpha value is -2.16. The van der Waals surface area contributed by atoms with Gasteiger partial charge in [-0.25, -0.2) is 8.42 Å². The van der Waals surface area contributed by atoms with Crippen LogP contribution in [0.25, 0.3) is 5.69 Å². The van der Waals surface area contributed by atoms with E-state index >= 15 is 0 Å². The van der Waals surface area contributed by atoms with Crippen molar-refractivity contribution in [3.63, 3.8) is 0 Å². The molecule has 0 fully saturated rings. The molecule has 0 bridgehead atoms. The molecule has 10 heteroatoms. The van der Waals surface area contributed by atoms with Gasteiger partial charge < -0.3 is 0 Å². The van der Waals surface area contributed by atoms with Gasteiger partial charge in [0.1, 0.15) is 4.90 Å². The molecule has 0 amide bonds. The first kappa shape index (κ1) is 16.7. The Bertz CT molecular complexity index is 1000. The van der Waals surface area contributed by atoms with Crippen LogP contribution < -0.4 is 4.72 Å². The van der Waals surface area contributed by atoms with E-state index in [4.69, 9.17) is 23.2 Å². The van der Waals surface area contributed by atoms with Gasteiger partial charge in [-0.2, -0.15) is 4.68 Å². The number of hydrogen-bond acceptors (Lipinski definition) is 5. The molecule has 0 atom stereocenters. The number of hydrogen-bond donors (Lipinski definition) is 1. The highest BCUT2D eigenvalue weighted by Gasteiger charge is 2.19. The van der Waals surface area contributed by atoms with Crippen LogP contribution in [0.1, 0.15) is 5.82 Å². The Morgan fingerprint density at radius 1 is 1.12 bits per heavy atom. The van der Waals surface area contributed by atoms with Gasteiger partial charge in [-0.15, -0.1) is 5.10 Å². The second-order valence-electron chi connectivity index (χ2n) is 4.87. The van der Waals surface area contributed by atoms with Crippen LogP contribution in [0.15, 0.2) is 47.4 Å². The van der Waals surface area contributed by atoms with E-state index in [-0.39, 0.29) is 14.9 Å². The smallest absolute Gasteiger partial charge is 0.263 e. The van der Waals surface area contributed by atoms with Crippen LogP contribution in [0.2, 0.25) is 10.0 Å². The SMILES string of the molecule is Cc1nnnn1-c1cccc(NS(=O)(=O)c2cc(Cl)ccc2Cl)c1. The molecule has 0 radical (unpaired) electrons.